The molecule has 0 rings (SSSR count). The van der Waals surface area contributed by atoms with Crippen LogP contribution >= 0.6 is 0 Å². The highest BCUT2D eigenvalue weighted by molar-refractivity contribution is 5.72. The molecule has 0 aliphatic heterocycles. The average Bonchev–Trinajstić information content (AvgIpc) is 3.14. The summed E-state index contributed by atoms with van der Waals surface area (Å²) in [6.07, 6.45) is 46.6. The minimum atomic E-state index is -0.884. The molecule has 0 spiro atoms. The molecular formula is C47H80NO7+. The minimum absolute atomic E-state index is 0.0434. The van der Waals surface area contributed by atoms with Crippen molar-refractivity contribution in [2.45, 2.75) is 167 Å². The van der Waals surface area contributed by atoms with Crippen molar-refractivity contribution < 1.29 is 38.2 Å². The molecule has 55 heavy (non-hydrogen) atoms. The van der Waals surface area contributed by atoms with Gasteiger partial charge in [0.1, 0.15) is 6.61 Å². The number of aliphatic carboxylic acids is 1. The van der Waals surface area contributed by atoms with Gasteiger partial charge in [-0.1, -0.05) is 125 Å². The number of allylic oxidation sites excluding steroid dienone is 12. The molecule has 0 aliphatic rings. The molecule has 0 aliphatic carbocycles. The number of hydrogen-bond acceptors (Lipinski definition) is 6. The van der Waals surface area contributed by atoms with Crippen molar-refractivity contribution >= 4 is 17.9 Å². The van der Waals surface area contributed by atoms with E-state index in [1.807, 2.05) is 21.1 Å². The molecule has 1 N–H and O–H groups in total. The predicted octanol–water partition coefficient (Wildman–Crippen LogP) is 11.6. The highest BCUT2D eigenvalue weighted by atomic mass is 16.6. The van der Waals surface area contributed by atoms with Gasteiger partial charge in [0.15, 0.2) is 12.1 Å². The summed E-state index contributed by atoms with van der Waals surface area (Å²) in [5, 5.41) is 9.61. The average molecular weight is 771 g/mol. The van der Waals surface area contributed by atoms with Crippen LogP contribution in [0.25, 0.3) is 0 Å². The smallest absolute Gasteiger partial charge is 0.362 e. The minimum Gasteiger partial charge on any atom is -0.477 e. The van der Waals surface area contributed by atoms with Gasteiger partial charge in [0.2, 0.25) is 0 Å². The van der Waals surface area contributed by atoms with Crippen molar-refractivity contribution in [3.63, 3.8) is 0 Å². The van der Waals surface area contributed by atoms with Gasteiger partial charge in [0.25, 0.3) is 0 Å². The topological polar surface area (TPSA) is 99.1 Å². The van der Waals surface area contributed by atoms with Crippen molar-refractivity contribution in [2.24, 2.45) is 0 Å². The first-order valence-electron chi connectivity index (χ1n) is 21.5. The fourth-order valence-corrected chi connectivity index (χ4v) is 5.76. The van der Waals surface area contributed by atoms with E-state index in [0.717, 1.165) is 89.9 Å². The molecule has 0 aromatic heterocycles. The van der Waals surface area contributed by atoms with Crippen molar-refractivity contribution in [3.8, 4) is 0 Å². The fraction of sp³-hybridized carbons (Fsp3) is 0.681. The van der Waals surface area contributed by atoms with Gasteiger partial charge in [-0.05, 0) is 83.5 Å². The molecule has 0 fully saturated rings. The number of quaternary nitrogens is 1. The number of hydrogen-bond donors (Lipinski definition) is 1. The van der Waals surface area contributed by atoms with Crippen LogP contribution in [0.15, 0.2) is 72.9 Å². The molecular weight excluding hydrogens is 691 g/mol. The van der Waals surface area contributed by atoms with Crippen molar-refractivity contribution in [3.05, 3.63) is 72.9 Å². The van der Waals surface area contributed by atoms with Gasteiger partial charge >= 0.3 is 17.9 Å². The van der Waals surface area contributed by atoms with Gasteiger partial charge in [-0.2, -0.15) is 0 Å². The Kier molecular flexibility index (Phi) is 35.5. The van der Waals surface area contributed by atoms with Crippen LogP contribution in [0.1, 0.15) is 155 Å². The molecule has 0 aromatic carbocycles. The SMILES string of the molecule is CC/C=C/C/C=C/C/C=C/C/C=C/C/C=C/CCCCCC(=O)OCC(COCCC(C(=O)O)[N+](C)(C)C)OC(=O)CCCCCCC/C=C/CCCCC. The van der Waals surface area contributed by atoms with Gasteiger partial charge in [-0.3, -0.25) is 9.59 Å². The summed E-state index contributed by atoms with van der Waals surface area (Å²) >= 11 is 0. The molecule has 0 aromatic rings. The molecule has 0 heterocycles. The molecule has 0 saturated carbocycles. The molecule has 0 radical (unpaired) electrons. The maximum Gasteiger partial charge on any atom is 0.362 e. The van der Waals surface area contributed by atoms with E-state index in [0.29, 0.717) is 19.3 Å². The summed E-state index contributed by atoms with van der Waals surface area (Å²) in [7, 11) is 5.50. The highest BCUT2D eigenvalue weighted by Gasteiger charge is 2.31. The zero-order valence-electron chi connectivity index (χ0n) is 35.6. The lowest BCUT2D eigenvalue weighted by molar-refractivity contribution is -0.887. The molecule has 2 unspecified atom stereocenters. The van der Waals surface area contributed by atoms with Crippen LogP contribution in [0, 0.1) is 0 Å². The van der Waals surface area contributed by atoms with Crippen molar-refractivity contribution in [2.75, 3.05) is 41.0 Å². The number of nitrogens with zero attached hydrogens (tertiary/aromatic N) is 1. The Morgan fingerprint density at radius 2 is 1.02 bits per heavy atom. The quantitative estimate of drug-likeness (QED) is 0.0291. The third-order valence-electron chi connectivity index (χ3n) is 9.09. The van der Waals surface area contributed by atoms with Crippen LogP contribution in [0.5, 0.6) is 0 Å². The molecule has 0 saturated heterocycles. The summed E-state index contributed by atoms with van der Waals surface area (Å²) < 4.78 is 17.2. The fourth-order valence-electron chi connectivity index (χ4n) is 5.76. The number of ether oxygens (including phenoxy) is 3. The number of rotatable bonds is 37. The zero-order chi connectivity index (χ0) is 40.7. The summed E-state index contributed by atoms with van der Waals surface area (Å²) in [6, 6.07) is -0.624. The van der Waals surface area contributed by atoms with E-state index >= 15 is 0 Å². The maximum absolute atomic E-state index is 12.7. The lowest BCUT2D eigenvalue weighted by Gasteiger charge is -2.31. The Labute approximate surface area is 336 Å². The van der Waals surface area contributed by atoms with Crippen molar-refractivity contribution in [1.29, 1.82) is 0 Å². The monoisotopic (exact) mass is 771 g/mol. The normalized spacial score (nSPS) is 13.7. The van der Waals surface area contributed by atoms with Crippen LogP contribution in [-0.4, -0.2) is 80.6 Å². The zero-order valence-corrected chi connectivity index (χ0v) is 35.6. The van der Waals surface area contributed by atoms with Gasteiger partial charge < -0.3 is 23.8 Å². The summed E-state index contributed by atoms with van der Waals surface area (Å²) in [4.78, 5) is 36.9. The van der Waals surface area contributed by atoms with E-state index in [1.165, 1.54) is 32.1 Å². The Bertz CT molecular complexity index is 1130. The predicted molar refractivity (Wildman–Crippen MR) is 229 cm³/mol. The summed E-state index contributed by atoms with van der Waals surface area (Å²) in [6.45, 7) is 4.53. The first-order valence-corrected chi connectivity index (χ1v) is 21.5. The van der Waals surface area contributed by atoms with Gasteiger partial charge in [0.05, 0.1) is 34.4 Å². The third kappa shape index (κ3) is 36.2. The molecule has 0 bridgehead atoms. The first kappa shape index (κ1) is 51.8. The summed E-state index contributed by atoms with van der Waals surface area (Å²) in [5.41, 5.74) is 0. The Balaban J connectivity index is 4.43. The van der Waals surface area contributed by atoms with Crippen LogP contribution in [-0.2, 0) is 28.6 Å². The van der Waals surface area contributed by atoms with Crippen LogP contribution in [0.2, 0.25) is 0 Å². The molecule has 8 heteroatoms. The van der Waals surface area contributed by atoms with Crippen LogP contribution in [0.4, 0.5) is 0 Å². The van der Waals surface area contributed by atoms with E-state index in [4.69, 9.17) is 14.2 Å². The summed E-state index contributed by atoms with van der Waals surface area (Å²) in [5.74, 6) is -1.53. The van der Waals surface area contributed by atoms with Crippen LogP contribution < -0.4 is 0 Å². The largest absolute Gasteiger partial charge is 0.477 e. The Morgan fingerprint density at radius 1 is 0.564 bits per heavy atom. The first-order chi connectivity index (χ1) is 26.6. The van der Waals surface area contributed by atoms with Gasteiger partial charge in [-0.15, -0.1) is 0 Å². The van der Waals surface area contributed by atoms with E-state index in [2.05, 4.69) is 86.8 Å². The molecule has 2 atom stereocenters. The van der Waals surface area contributed by atoms with E-state index in [1.54, 1.807) is 0 Å². The standard InChI is InChI=1S/C47H79NO7/c1-6-8-10-12-14-16-18-20-21-22-23-24-25-26-28-29-31-33-35-37-45(49)54-42-43(41-53-40-39-44(47(51)52)48(3,4)5)55-46(50)38-36-34-32-30-27-19-17-15-13-11-9-7-2/h8,10,14-17,20-21,23-24,26,28,43-44H,6-7,9,11-13,18-19,22,25,27,29-42H2,1-5H3/p+1/b10-8+,16-14+,17-15+,21-20+,24-23+,28-26+. The number of carbonyl (C=O) groups is 3. The van der Waals surface area contributed by atoms with Crippen molar-refractivity contribution in [1.82, 2.24) is 0 Å². The second-order valence-electron chi connectivity index (χ2n) is 15.2. The van der Waals surface area contributed by atoms with E-state index < -0.39 is 18.1 Å². The second kappa shape index (κ2) is 37.7. The van der Waals surface area contributed by atoms with Crippen LogP contribution in [0.3, 0.4) is 0 Å². The Morgan fingerprint density at radius 3 is 1.55 bits per heavy atom. The van der Waals surface area contributed by atoms with E-state index in [-0.39, 0.29) is 36.2 Å². The number of unbranched alkanes of at least 4 members (excludes halogenated alkanes) is 11. The number of carboxylic acids is 1. The maximum atomic E-state index is 12.7. The molecule has 0 amide bonds. The lowest BCUT2D eigenvalue weighted by Crippen LogP contribution is -2.50. The highest BCUT2D eigenvalue weighted by Crippen LogP contribution is 2.12. The molecule has 8 nitrogen and oxygen atoms in total. The third-order valence-corrected chi connectivity index (χ3v) is 9.09. The number of carbonyl (C=O) groups excluding carboxylic acids is 2. The number of esters is 2. The number of carboxylic acid groups (broad SMARTS) is 1. The number of likely N-dealkylation sites (N-methyl/N-ethyl adjacent to an activating group) is 1. The Hall–Kier alpha value is -3.23. The van der Waals surface area contributed by atoms with Gasteiger partial charge in [0, 0.05) is 19.3 Å². The lowest BCUT2D eigenvalue weighted by atomic mass is 10.1. The molecule has 314 valence electrons. The second-order valence-corrected chi connectivity index (χ2v) is 15.2. The van der Waals surface area contributed by atoms with Gasteiger partial charge in [-0.25, -0.2) is 4.79 Å². The van der Waals surface area contributed by atoms with E-state index in [9.17, 15) is 19.5 Å².